The van der Waals surface area contributed by atoms with Crippen molar-refractivity contribution in [2.75, 3.05) is 5.32 Å². The van der Waals surface area contributed by atoms with Crippen LogP contribution in [0.1, 0.15) is 32.3 Å². The van der Waals surface area contributed by atoms with Gasteiger partial charge in [-0.15, -0.1) is 0 Å². The minimum absolute atomic E-state index is 0.0761. The number of benzene rings is 1. The van der Waals surface area contributed by atoms with Gasteiger partial charge in [-0.2, -0.15) is 0 Å². The fourth-order valence-electron chi connectivity index (χ4n) is 2.03. The number of carbonyl (C=O) groups excluding carboxylic acids is 1. The highest BCUT2D eigenvalue weighted by Crippen LogP contribution is 2.39. The number of hydrogen-bond acceptors (Lipinski definition) is 3. The van der Waals surface area contributed by atoms with Crippen LogP contribution in [0.15, 0.2) is 18.2 Å². The van der Waals surface area contributed by atoms with E-state index in [1.165, 1.54) is 0 Å². The summed E-state index contributed by atoms with van der Waals surface area (Å²) in [5.74, 6) is 0.106. The van der Waals surface area contributed by atoms with E-state index >= 15 is 0 Å². The number of aryl methyl sites for hydroxylation is 1. The average Bonchev–Trinajstić information content (AvgIpc) is 3.16. The van der Waals surface area contributed by atoms with Crippen molar-refractivity contribution < 1.29 is 9.90 Å². The molecule has 0 aliphatic heterocycles. The molecule has 1 aromatic carbocycles. The summed E-state index contributed by atoms with van der Waals surface area (Å²) in [5.41, 5.74) is 6.69. The topological polar surface area (TPSA) is 75.3 Å². The maximum absolute atomic E-state index is 12.1. The quantitative estimate of drug-likeness (QED) is 0.713. The van der Waals surface area contributed by atoms with Crippen LogP contribution in [0.25, 0.3) is 0 Å². The number of carbonyl (C=O) groups is 1. The molecule has 1 aliphatic rings. The van der Waals surface area contributed by atoms with Crippen molar-refractivity contribution in [1.29, 1.82) is 0 Å². The van der Waals surface area contributed by atoms with Crippen molar-refractivity contribution in [3.05, 3.63) is 23.8 Å². The summed E-state index contributed by atoms with van der Waals surface area (Å²) in [6, 6.07) is 5.23. The number of hydrogen-bond donors (Lipinski definition) is 3. The number of nitrogens with two attached hydrogens (primary N) is 1. The van der Waals surface area contributed by atoms with Crippen molar-refractivity contribution in [2.45, 2.75) is 38.6 Å². The van der Waals surface area contributed by atoms with E-state index in [1.807, 2.05) is 13.0 Å². The van der Waals surface area contributed by atoms with Crippen LogP contribution in [0.5, 0.6) is 5.75 Å². The molecule has 4 nitrogen and oxygen atoms in total. The fraction of sp³-hybridized carbons (Fsp3) is 0.500. The van der Waals surface area contributed by atoms with Gasteiger partial charge in [0.05, 0.1) is 11.2 Å². The molecule has 18 heavy (non-hydrogen) atoms. The monoisotopic (exact) mass is 248 g/mol. The smallest absolute Gasteiger partial charge is 0.244 e. The van der Waals surface area contributed by atoms with Crippen LogP contribution in [-0.4, -0.2) is 16.6 Å². The van der Waals surface area contributed by atoms with Gasteiger partial charge in [0, 0.05) is 0 Å². The Labute approximate surface area is 107 Å². The van der Waals surface area contributed by atoms with Crippen LogP contribution in [0, 0.1) is 5.92 Å². The van der Waals surface area contributed by atoms with Crippen molar-refractivity contribution in [2.24, 2.45) is 11.7 Å². The molecule has 0 spiro atoms. The summed E-state index contributed by atoms with van der Waals surface area (Å²) in [4.78, 5) is 12.1. The Morgan fingerprint density at radius 3 is 2.78 bits per heavy atom. The van der Waals surface area contributed by atoms with Crippen molar-refractivity contribution in [3.63, 3.8) is 0 Å². The molecule has 4 heteroatoms. The van der Waals surface area contributed by atoms with Gasteiger partial charge in [-0.3, -0.25) is 4.79 Å². The largest absolute Gasteiger partial charge is 0.506 e. The number of aromatic hydroxyl groups is 1. The maximum atomic E-state index is 12.1. The number of phenols is 1. The standard InChI is InChI=1S/C14H20N2O2/c1-3-9-4-7-12(17)11(8-9)16-13(18)14(2,15)10-5-6-10/h4,7-8,10,17H,3,5-6,15H2,1-2H3,(H,16,18). The normalized spacial score (nSPS) is 18.2. The first-order valence-corrected chi connectivity index (χ1v) is 6.37. The molecule has 1 aliphatic carbocycles. The third-order valence-electron chi connectivity index (χ3n) is 3.63. The predicted molar refractivity (Wildman–Crippen MR) is 71.4 cm³/mol. The van der Waals surface area contributed by atoms with Crippen molar-refractivity contribution >= 4 is 11.6 Å². The first kappa shape index (κ1) is 12.9. The highest BCUT2D eigenvalue weighted by molar-refractivity contribution is 5.99. The Bertz CT molecular complexity index is 465. The molecule has 0 saturated heterocycles. The lowest BCUT2D eigenvalue weighted by atomic mass is 9.96. The van der Waals surface area contributed by atoms with E-state index < -0.39 is 5.54 Å². The Kier molecular flexibility index (Phi) is 3.30. The van der Waals surface area contributed by atoms with Crippen molar-refractivity contribution in [3.8, 4) is 5.75 Å². The van der Waals surface area contributed by atoms with Crippen LogP contribution < -0.4 is 11.1 Å². The molecule has 1 fully saturated rings. The molecule has 1 unspecified atom stereocenters. The zero-order valence-electron chi connectivity index (χ0n) is 10.9. The molecule has 1 atom stereocenters. The molecular formula is C14H20N2O2. The summed E-state index contributed by atoms with van der Waals surface area (Å²) >= 11 is 0. The Morgan fingerprint density at radius 2 is 2.22 bits per heavy atom. The van der Waals surface area contributed by atoms with Gasteiger partial charge < -0.3 is 16.2 Å². The number of phenolic OH excluding ortho intramolecular Hbond substituents is 1. The number of nitrogens with one attached hydrogen (secondary N) is 1. The molecule has 1 saturated carbocycles. The predicted octanol–water partition coefficient (Wildman–Crippen LogP) is 2.02. The van der Waals surface area contributed by atoms with Crippen molar-refractivity contribution in [1.82, 2.24) is 0 Å². The van der Waals surface area contributed by atoms with Crippen LogP contribution in [0.4, 0.5) is 5.69 Å². The third-order valence-corrected chi connectivity index (χ3v) is 3.63. The van der Waals surface area contributed by atoms with Gasteiger partial charge in [0.15, 0.2) is 0 Å². The van der Waals surface area contributed by atoms with E-state index in [-0.39, 0.29) is 17.6 Å². The molecule has 0 aromatic heterocycles. The van der Waals surface area contributed by atoms with E-state index in [1.54, 1.807) is 19.1 Å². The van der Waals surface area contributed by atoms with Crippen LogP contribution >= 0.6 is 0 Å². The molecule has 1 aromatic rings. The maximum Gasteiger partial charge on any atom is 0.244 e. The Hall–Kier alpha value is -1.55. The highest BCUT2D eigenvalue weighted by Gasteiger charge is 2.44. The van der Waals surface area contributed by atoms with E-state index in [0.29, 0.717) is 5.69 Å². The lowest BCUT2D eigenvalue weighted by Gasteiger charge is -2.23. The number of anilines is 1. The van der Waals surface area contributed by atoms with Gasteiger partial charge in [0.25, 0.3) is 0 Å². The Balaban J connectivity index is 2.15. The molecule has 1 amide bonds. The molecule has 2 rings (SSSR count). The fourth-order valence-corrected chi connectivity index (χ4v) is 2.03. The van der Waals surface area contributed by atoms with Gasteiger partial charge in [-0.1, -0.05) is 13.0 Å². The zero-order valence-corrected chi connectivity index (χ0v) is 10.9. The molecule has 0 heterocycles. The summed E-state index contributed by atoms with van der Waals surface area (Å²) in [6.07, 6.45) is 2.86. The van der Waals surface area contributed by atoms with Crippen LogP contribution in [0.3, 0.4) is 0 Å². The van der Waals surface area contributed by atoms with Crippen LogP contribution in [0.2, 0.25) is 0 Å². The first-order chi connectivity index (χ1) is 8.45. The molecule has 4 N–H and O–H groups in total. The average molecular weight is 248 g/mol. The SMILES string of the molecule is CCc1ccc(O)c(NC(=O)C(C)(N)C2CC2)c1. The van der Waals surface area contributed by atoms with Gasteiger partial charge >= 0.3 is 0 Å². The third kappa shape index (κ3) is 2.48. The van der Waals surface area contributed by atoms with E-state index in [2.05, 4.69) is 5.32 Å². The van der Waals surface area contributed by atoms with Gasteiger partial charge in [0.2, 0.25) is 5.91 Å². The molecule has 0 radical (unpaired) electrons. The highest BCUT2D eigenvalue weighted by atomic mass is 16.3. The van der Waals surface area contributed by atoms with Gasteiger partial charge in [-0.25, -0.2) is 0 Å². The number of rotatable bonds is 4. The summed E-state index contributed by atoms with van der Waals surface area (Å²) in [7, 11) is 0. The molecule has 98 valence electrons. The summed E-state index contributed by atoms with van der Waals surface area (Å²) in [5, 5.41) is 12.5. The zero-order chi connectivity index (χ0) is 13.3. The van der Waals surface area contributed by atoms with Crippen LogP contribution in [-0.2, 0) is 11.2 Å². The van der Waals surface area contributed by atoms with E-state index in [4.69, 9.17) is 5.73 Å². The molecule has 0 bridgehead atoms. The lowest BCUT2D eigenvalue weighted by Crippen LogP contribution is -2.50. The second-order valence-electron chi connectivity index (χ2n) is 5.22. The van der Waals surface area contributed by atoms with E-state index in [9.17, 15) is 9.90 Å². The van der Waals surface area contributed by atoms with Gasteiger partial charge in [0.1, 0.15) is 5.75 Å². The summed E-state index contributed by atoms with van der Waals surface area (Å²) < 4.78 is 0. The first-order valence-electron chi connectivity index (χ1n) is 6.37. The van der Waals surface area contributed by atoms with Gasteiger partial charge in [-0.05, 0) is 49.8 Å². The van der Waals surface area contributed by atoms with E-state index in [0.717, 1.165) is 24.8 Å². The minimum Gasteiger partial charge on any atom is -0.506 e. The summed E-state index contributed by atoms with van der Waals surface area (Å²) in [6.45, 7) is 3.77. The number of amides is 1. The Morgan fingerprint density at radius 1 is 1.56 bits per heavy atom. The molecular weight excluding hydrogens is 228 g/mol. The minimum atomic E-state index is -0.853. The second-order valence-corrected chi connectivity index (χ2v) is 5.22. The lowest BCUT2D eigenvalue weighted by molar-refractivity contribution is -0.121. The second kappa shape index (κ2) is 4.61.